The fraction of sp³-hybridized carbons (Fsp3) is 0.917. The van der Waals surface area contributed by atoms with Crippen LogP contribution in [0.25, 0.3) is 0 Å². The molecule has 0 aromatic heterocycles. The monoisotopic (exact) mass is 200 g/mol. The summed E-state index contributed by atoms with van der Waals surface area (Å²) in [5, 5.41) is 0. The summed E-state index contributed by atoms with van der Waals surface area (Å²) in [7, 11) is 0. The number of esters is 1. The highest BCUT2D eigenvalue weighted by molar-refractivity contribution is 5.72. The Labute approximate surface area is 88.0 Å². The predicted molar refractivity (Wildman–Crippen MR) is 59.0 cm³/mol. The minimum atomic E-state index is -0.0186. The van der Waals surface area contributed by atoms with Gasteiger partial charge in [-0.25, -0.2) is 0 Å². The molecule has 14 heavy (non-hydrogen) atoms. The number of rotatable bonds is 6. The molecular formula is C12H24O2. The zero-order valence-electron chi connectivity index (χ0n) is 10.2. The Hall–Kier alpha value is -0.530. The highest BCUT2D eigenvalue weighted by atomic mass is 16.5. The Kier molecular flexibility index (Phi) is 6.60. The molecule has 0 saturated carbocycles. The van der Waals surface area contributed by atoms with E-state index in [9.17, 15) is 4.79 Å². The van der Waals surface area contributed by atoms with E-state index >= 15 is 0 Å². The van der Waals surface area contributed by atoms with Crippen molar-refractivity contribution >= 4 is 5.97 Å². The van der Waals surface area contributed by atoms with E-state index in [0.29, 0.717) is 18.4 Å². The third kappa shape index (κ3) is 6.01. The minimum absolute atomic E-state index is 0.0186. The minimum Gasteiger partial charge on any atom is -0.466 e. The van der Waals surface area contributed by atoms with Gasteiger partial charge in [-0.05, 0) is 31.6 Å². The molecule has 0 aromatic carbocycles. The first kappa shape index (κ1) is 13.5. The Balaban J connectivity index is 4.15. The molecule has 0 bridgehead atoms. The van der Waals surface area contributed by atoms with Gasteiger partial charge in [0.2, 0.25) is 0 Å². The zero-order chi connectivity index (χ0) is 11.1. The average molecular weight is 200 g/mol. The second-order valence-corrected chi connectivity index (χ2v) is 4.71. The standard InChI is InChI=1S/C12H24O2/c1-6-14-12(13)11(7-9(2)3)8-10(4)5/h9-11H,6-8H2,1-5H3. The molecule has 0 rings (SSSR count). The van der Waals surface area contributed by atoms with E-state index in [1.165, 1.54) is 0 Å². The van der Waals surface area contributed by atoms with Gasteiger partial charge in [0.15, 0.2) is 0 Å². The molecule has 0 aromatic rings. The molecule has 0 heterocycles. The number of ether oxygens (including phenoxy) is 1. The van der Waals surface area contributed by atoms with Gasteiger partial charge in [0.05, 0.1) is 12.5 Å². The van der Waals surface area contributed by atoms with E-state index in [4.69, 9.17) is 4.74 Å². The summed E-state index contributed by atoms with van der Waals surface area (Å²) in [5.41, 5.74) is 0. The lowest BCUT2D eigenvalue weighted by molar-refractivity contribution is -0.149. The van der Waals surface area contributed by atoms with Crippen molar-refractivity contribution in [2.45, 2.75) is 47.5 Å². The molecule has 0 aliphatic rings. The van der Waals surface area contributed by atoms with Crippen molar-refractivity contribution in [3.63, 3.8) is 0 Å². The van der Waals surface area contributed by atoms with Crippen LogP contribution in [0.2, 0.25) is 0 Å². The summed E-state index contributed by atoms with van der Waals surface area (Å²) in [6, 6.07) is 0. The third-order valence-corrected chi connectivity index (χ3v) is 2.13. The van der Waals surface area contributed by atoms with Crippen LogP contribution in [0.15, 0.2) is 0 Å². The van der Waals surface area contributed by atoms with Gasteiger partial charge < -0.3 is 4.74 Å². The van der Waals surface area contributed by atoms with Crippen LogP contribution in [0, 0.1) is 17.8 Å². The highest BCUT2D eigenvalue weighted by Gasteiger charge is 2.21. The van der Waals surface area contributed by atoms with Crippen LogP contribution in [-0.2, 0) is 9.53 Å². The summed E-state index contributed by atoms with van der Waals surface area (Å²) < 4.78 is 5.07. The summed E-state index contributed by atoms with van der Waals surface area (Å²) in [5.74, 6) is 1.19. The molecule has 0 unspecified atom stereocenters. The SMILES string of the molecule is CCOC(=O)C(CC(C)C)CC(C)C. The quantitative estimate of drug-likeness (QED) is 0.615. The summed E-state index contributed by atoms with van der Waals surface area (Å²) in [4.78, 5) is 11.6. The molecule has 84 valence electrons. The fourth-order valence-electron chi connectivity index (χ4n) is 1.69. The smallest absolute Gasteiger partial charge is 0.308 e. The molecular weight excluding hydrogens is 176 g/mol. The molecule has 0 aliphatic carbocycles. The van der Waals surface area contributed by atoms with Gasteiger partial charge >= 0.3 is 5.97 Å². The van der Waals surface area contributed by atoms with E-state index in [2.05, 4.69) is 27.7 Å². The molecule has 0 amide bonds. The first-order chi connectivity index (χ1) is 6.47. The van der Waals surface area contributed by atoms with E-state index in [-0.39, 0.29) is 11.9 Å². The van der Waals surface area contributed by atoms with E-state index in [1.807, 2.05) is 6.92 Å². The van der Waals surface area contributed by atoms with E-state index in [1.54, 1.807) is 0 Å². The maximum absolute atomic E-state index is 11.6. The van der Waals surface area contributed by atoms with E-state index < -0.39 is 0 Å². The van der Waals surface area contributed by atoms with Crippen LogP contribution in [0.5, 0.6) is 0 Å². The lowest BCUT2D eigenvalue weighted by Gasteiger charge is -2.19. The fourth-order valence-corrected chi connectivity index (χ4v) is 1.69. The van der Waals surface area contributed by atoms with Gasteiger partial charge in [0.25, 0.3) is 0 Å². The zero-order valence-corrected chi connectivity index (χ0v) is 10.2. The van der Waals surface area contributed by atoms with Gasteiger partial charge in [-0.15, -0.1) is 0 Å². The van der Waals surface area contributed by atoms with Gasteiger partial charge in [0, 0.05) is 0 Å². The number of carbonyl (C=O) groups excluding carboxylic acids is 1. The van der Waals surface area contributed by atoms with Crippen LogP contribution in [0.1, 0.15) is 47.5 Å². The maximum atomic E-state index is 11.6. The third-order valence-electron chi connectivity index (χ3n) is 2.13. The van der Waals surface area contributed by atoms with Crippen molar-refractivity contribution in [3.8, 4) is 0 Å². The molecule has 0 saturated heterocycles. The van der Waals surface area contributed by atoms with Crippen LogP contribution in [-0.4, -0.2) is 12.6 Å². The lowest BCUT2D eigenvalue weighted by atomic mass is 9.89. The summed E-state index contributed by atoms with van der Waals surface area (Å²) >= 11 is 0. The predicted octanol–water partition coefficient (Wildman–Crippen LogP) is 3.26. The molecule has 0 fully saturated rings. The van der Waals surface area contributed by atoms with Crippen LogP contribution >= 0.6 is 0 Å². The second kappa shape index (κ2) is 6.86. The number of hydrogen-bond acceptors (Lipinski definition) is 2. The number of carbonyl (C=O) groups is 1. The molecule has 0 N–H and O–H groups in total. The second-order valence-electron chi connectivity index (χ2n) is 4.71. The van der Waals surface area contributed by atoms with Crippen LogP contribution < -0.4 is 0 Å². The molecule has 0 radical (unpaired) electrons. The van der Waals surface area contributed by atoms with Gasteiger partial charge in [-0.1, -0.05) is 27.7 Å². The summed E-state index contributed by atoms with van der Waals surface area (Å²) in [6.45, 7) is 10.9. The van der Waals surface area contributed by atoms with Crippen molar-refractivity contribution < 1.29 is 9.53 Å². The van der Waals surface area contributed by atoms with Crippen LogP contribution in [0.4, 0.5) is 0 Å². The maximum Gasteiger partial charge on any atom is 0.308 e. The van der Waals surface area contributed by atoms with Crippen molar-refractivity contribution in [3.05, 3.63) is 0 Å². The largest absolute Gasteiger partial charge is 0.466 e. The van der Waals surface area contributed by atoms with Crippen molar-refractivity contribution in [2.75, 3.05) is 6.61 Å². The topological polar surface area (TPSA) is 26.3 Å². The van der Waals surface area contributed by atoms with Gasteiger partial charge in [0.1, 0.15) is 0 Å². The molecule has 0 spiro atoms. The lowest BCUT2D eigenvalue weighted by Crippen LogP contribution is -2.21. The average Bonchev–Trinajstić information content (AvgIpc) is 2.01. The van der Waals surface area contributed by atoms with E-state index in [0.717, 1.165) is 12.8 Å². The van der Waals surface area contributed by atoms with Crippen molar-refractivity contribution in [1.29, 1.82) is 0 Å². The van der Waals surface area contributed by atoms with Crippen molar-refractivity contribution in [1.82, 2.24) is 0 Å². The first-order valence-corrected chi connectivity index (χ1v) is 5.64. The Morgan fingerprint density at radius 3 is 1.79 bits per heavy atom. The van der Waals surface area contributed by atoms with Crippen molar-refractivity contribution in [2.24, 2.45) is 17.8 Å². The molecule has 0 aliphatic heterocycles. The Bertz CT molecular complexity index is 152. The summed E-state index contributed by atoms with van der Waals surface area (Å²) in [6.07, 6.45) is 1.88. The molecule has 2 heteroatoms. The van der Waals surface area contributed by atoms with Crippen LogP contribution in [0.3, 0.4) is 0 Å². The van der Waals surface area contributed by atoms with Gasteiger partial charge in [-0.3, -0.25) is 4.79 Å². The highest BCUT2D eigenvalue weighted by Crippen LogP contribution is 2.21. The first-order valence-electron chi connectivity index (χ1n) is 5.64. The Morgan fingerprint density at radius 1 is 1.07 bits per heavy atom. The normalized spacial score (nSPS) is 11.4. The molecule has 0 atom stereocenters. The van der Waals surface area contributed by atoms with Gasteiger partial charge in [-0.2, -0.15) is 0 Å². The molecule has 2 nitrogen and oxygen atoms in total. The Morgan fingerprint density at radius 2 is 1.50 bits per heavy atom. The number of hydrogen-bond donors (Lipinski definition) is 0.